The zero-order chi connectivity index (χ0) is 19.0. The SMILES string of the molecule is Cc1cc(Br)c(O)c(C=Nc2cccc(-c3nc4cc(C)ccc4o3)c2)c1. The van der Waals surface area contributed by atoms with Crippen LogP contribution in [0.15, 0.2) is 68.5 Å². The van der Waals surface area contributed by atoms with Gasteiger partial charge in [0.15, 0.2) is 5.58 Å². The molecule has 0 unspecified atom stereocenters. The van der Waals surface area contributed by atoms with Gasteiger partial charge in [0.1, 0.15) is 11.3 Å². The van der Waals surface area contributed by atoms with Gasteiger partial charge < -0.3 is 9.52 Å². The molecule has 0 atom stereocenters. The van der Waals surface area contributed by atoms with Crippen LogP contribution in [0.5, 0.6) is 5.75 Å². The molecule has 3 aromatic carbocycles. The third-order valence-corrected chi connectivity index (χ3v) is 4.83. The van der Waals surface area contributed by atoms with Crippen molar-refractivity contribution in [3.05, 3.63) is 75.8 Å². The van der Waals surface area contributed by atoms with Crippen molar-refractivity contribution in [2.45, 2.75) is 13.8 Å². The van der Waals surface area contributed by atoms with E-state index in [4.69, 9.17) is 4.42 Å². The molecule has 0 bridgehead atoms. The molecule has 1 aromatic heterocycles. The second-order valence-electron chi connectivity index (χ2n) is 6.48. The van der Waals surface area contributed by atoms with Gasteiger partial charge >= 0.3 is 0 Å². The Bertz CT molecular complexity index is 1180. The van der Waals surface area contributed by atoms with Crippen LogP contribution in [0.4, 0.5) is 5.69 Å². The van der Waals surface area contributed by atoms with Gasteiger partial charge in [0.05, 0.1) is 10.2 Å². The van der Waals surface area contributed by atoms with E-state index < -0.39 is 0 Å². The summed E-state index contributed by atoms with van der Waals surface area (Å²) in [5.74, 6) is 0.739. The number of hydrogen-bond acceptors (Lipinski definition) is 4. The second-order valence-corrected chi connectivity index (χ2v) is 7.34. The van der Waals surface area contributed by atoms with Crippen molar-refractivity contribution in [2.24, 2.45) is 4.99 Å². The lowest BCUT2D eigenvalue weighted by atomic mass is 10.1. The van der Waals surface area contributed by atoms with Crippen LogP contribution in [0.1, 0.15) is 16.7 Å². The Morgan fingerprint density at radius 3 is 2.74 bits per heavy atom. The molecule has 0 aliphatic carbocycles. The smallest absolute Gasteiger partial charge is 0.227 e. The van der Waals surface area contributed by atoms with Crippen LogP contribution in [0, 0.1) is 13.8 Å². The first-order chi connectivity index (χ1) is 13.0. The summed E-state index contributed by atoms with van der Waals surface area (Å²) in [6.45, 7) is 4.00. The van der Waals surface area contributed by atoms with Crippen molar-refractivity contribution in [1.82, 2.24) is 4.98 Å². The summed E-state index contributed by atoms with van der Waals surface area (Å²) in [5, 5.41) is 10.2. The van der Waals surface area contributed by atoms with Crippen LogP contribution in [-0.2, 0) is 0 Å². The van der Waals surface area contributed by atoms with Crippen molar-refractivity contribution < 1.29 is 9.52 Å². The number of phenols is 1. The Labute approximate surface area is 165 Å². The highest BCUT2D eigenvalue weighted by atomic mass is 79.9. The summed E-state index contributed by atoms with van der Waals surface area (Å²) in [6, 6.07) is 17.4. The predicted octanol–water partition coefficient (Wildman–Crippen LogP) is 6.33. The summed E-state index contributed by atoms with van der Waals surface area (Å²) >= 11 is 3.35. The maximum Gasteiger partial charge on any atom is 0.227 e. The third kappa shape index (κ3) is 3.64. The third-order valence-electron chi connectivity index (χ3n) is 4.23. The first kappa shape index (κ1) is 17.5. The standard InChI is InChI=1S/C22H17BrN2O2/c1-13-6-7-20-19(10-13)25-22(27-20)15-4-3-5-17(11-15)24-12-16-8-14(2)9-18(23)21(16)26/h3-12,26H,1-2H3. The molecular formula is C22H17BrN2O2. The lowest BCUT2D eigenvalue weighted by Gasteiger charge is -2.04. The normalized spacial score (nSPS) is 11.5. The van der Waals surface area contributed by atoms with E-state index in [0.717, 1.165) is 33.5 Å². The second kappa shape index (κ2) is 7.00. The molecule has 0 radical (unpaired) electrons. The van der Waals surface area contributed by atoms with Crippen LogP contribution >= 0.6 is 15.9 Å². The summed E-state index contributed by atoms with van der Waals surface area (Å²) in [4.78, 5) is 9.07. The molecule has 27 heavy (non-hydrogen) atoms. The number of aliphatic imine (C=N–C) groups is 1. The summed E-state index contributed by atoms with van der Waals surface area (Å²) in [7, 11) is 0. The molecule has 0 fully saturated rings. The maximum absolute atomic E-state index is 10.2. The highest BCUT2D eigenvalue weighted by Gasteiger charge is 2.09. The van der Waals surface area contributed by atoms with Gasteiger partial charge in [-0.1, -0.05) is 12.1 Å². The van der Waals surface area contributed by atoms with Crippen molar-refractivity contribution in [1.29, 1.82) is 0 Å². The Hall–Kier alpha value is -2.92. The Kier molecular flexibility index (Phi) is 4.54. The largest absolute Gasteiger partial charge is 0.506 e. The molecule has 5 heteroatoms. The summed E-state index contributed by atoms with van der Waals surface area (Å²) in [6.07, 6.45) is 1.65. The monoisotopic (exact) mass is 420 g/mol. The first-order valence-corrected chi connectivity index (χ1v) is 9.30. The van der Waals surface area contributed by atoms with Crippen LogP contribution in [-0.4, -0.2) is 16.3 Å². The number of hydrogen-bond donors (Lipinski definition) is 1. The van der Waals surface area contributed by atoms with E-state index in [1.807, 2.05) is 68.4 Å². The van der Waals surface area contributed by atoms with Crippen LogP contribution in [0.2, 0.25) is 0 Å². The number of oxazole rings is 1. The van der Waals surface area contributed by atoms with Crippen molar-refractivity contribution >= 4 is 38.9 Å². The number of aromatic hydroxyl groups is 1. The fourth-order valence-corrected chi connectivity index (χ4v) is 3.47. The van der Waals surface area contributed by atoms with Gasteiger partial charge in [0.25, 0.3) is 0 Å². The van der Waals surface area contributed by atoms with Gasteiger partial charge in [0, 0.05) is 17.3 Å². The molecule has 0 amide bonds. The Balaban J connectivity index is 1.68. The molecular weight excluding hydrogens is 404 g/mol. The van der Waals surface area contributed by atoms with E-state index in [9.17, 15) is 5.11 Å². The molecule has 0 spiro atoms. The van der Waals surface area contributed by atoms with Crippen LogP contribution < -0.4 is 0 Å². The number of halogens is 1. The quantitative estimate of drug-likeness (QED) is 0.393. The Morgan fingerprint density at radius 2 is 1.89 bits per heavy atom. The fourth-order valence-electron chi connectivity index (χ4n) is 2.88. The number of phenolic OH excluding ortho intramolecular Hbond substituents is 1. The van der Waals surface area contributed by atoms with Gasteiger partial charge in [-0.05, 0) is 83.4 Å². The lowest BCUT2D eigenvalue weighted by Crippen LogP contribution is -1.86. The topological polar surface area (TPSA) is 58.6 Å². The number of rotatable bonds is 3. The predicted molar refractivity (Wildman–Crippen MR) is 112 cm³/mol. The minimum atomic E-state index is 0.176. The van der Waals surface area contributed by atoms with Gasteiger partial charge in [-0.25, -0.2) is 4.98 Å². The van der Waals surface area contributed by atoms with Gasteiger partial charge in [-0.2, -0.15) is 0 Å². The minimum absolute atomic E-state index is 0.176. The molecule has 0 aliphatic heterocycles. The van der Waals surface area contributed by atoms with Gasteiger partial charge in [-0.15, -0.1) is 0 Å². The molecule has 0 aliphatic rings. The van der Waals surface area contributed by atoms with Crippen molar-refractivity contribution in [3.8, 4) is 17.2 Å². The van der Waals surface area contributed by atoms with Crippen molar-refractivity contribution in [2.75, 3.05) is 0 Å². The average Bonchev–Trinajstić information content (AvgIpc) is 3.07. The molecule has 134 valence electrons. The summed E-state index contributed by atoms with van der Waals surface area (Å²) in [5.41, 5.74) is 6.05. The lowest BCUT2D eigenvalue weighted by molar-refractivity contribution is 0.471. The zero-order valence-electron chi connectivity index (χ0n) is 14.9. The first-order valence-electron chi connectivity index (χ1n) is 8.50. The highest BCUT2D eigenvalue weighted by Crippen LogP contribution is 2.30. The van der Waals surface area contributed by atoms with Crippen LogP contribution in [0.3, 0.4) is 0 Å². The van der Waals surface area contributed by atoms with E-state index in [2.05, 4.69) is 25.9 Å². The maximum atomic E-state index is 10.2. The molecule has 1 N–H and O–H groups in total. The number of benzene rings is 3. The zero-order valence-corrected chi connectivity index (χ0v) is 16.5. The van der Waals surface area contributed by atoms with E-state index in [1.165, 1.54) is 0 Å². The minimum Gasteiger partial charge on any atom is -0.506 e. The Morgan fingerprint density at radius 1 is 1.04 bits per heavy atom. The van der Waals surface area contributed by atoms with E-state index in [1.54, 1.807) is 6.21 Å². The van der Waals surface area contributed by atoms with Gasteiger partial charge in [0.2, 0.25) is 5.89 Å². The van der Waals surface area contributed by atoms with Gasteiger partial charge in [-0.3, -0.25) is 4.99 Å². The average molecular weight is 421 g/mol. The summed E-state index contributed by atoms with van der Waals surface area (Å²) < 4.78 is 6.52. The number of aryl methyl sites for hydroxylation is 2. The van der Waals surface area contributed by atoms with Crippen molar-refractivity contribution in [3.63, 3.8) is 0 Å². The molecule has 4 nitrogen and oxygen atoms in total. The van der Waals surface area contributed by atoms with Crippen LogP contribution in [0.25, 0.3) is 22.6 Å². The number of aromatic nitrogens is 1. The molecule has 0 saturated carbocycles. The number of fused-ring (bicyclic) bond motifs is 1. The molecule has 1 heterocycles. The molecule has 4 rings (SSSR count). The number of nitrogens with zero attached hydrogens (tertiary/aromatic N) is 2. The van der Waals surface area contributed by atoms with E-state index in [-0.39, 0.29) is 5.75 Å². The molecule has 4 aromatic rings. The molecule has 0 saturated heterocycles. The highest BCUT2D eigenvalue weighted by molar-refractivity contribution is 9.10. The fraction of sp³-hybridized carbons (Fsp3) is 0.0909. The van der Waals surface area contributed by atoms with E-state index >= 15 is 0 Å². The van der Waals surface area contributed by atoms with E-state index in [0.29, 0.717) is 15.9 Å².